The molecule has 0 radical (unpaired) electrons. The molecule has 8 heteroatoms. The molecule has 0 aliphatic carbocycles. The molecule has 3 N–H and O–H groups in total. The van der Waals surface area contributed by atoms with Crippen molar-refractivity contribution in [2.24, 2.45) is 0 Å². The normalized spacial score (nSPS) is 11.1. The molecule has 0 spiro atoms. The molecular weight excluding hydrogens is 354 g/mol. The maximum Gasteiger partial charge on any atom is 0.331 e. The molecule has 0 bridgehead atoms. The average Bonchev–Trinajstić information content (AvgIpc) is 2.65. The van der Waals surface area contributed by atoms with Gasteiger partial charge in [-0.3, -0.25) is 15.3 Å². The summed E-state index contributed by atoms with van der Waals surface area (Å²) in [5.74, 6) is -0.169. The lowest BCUT2D eigenvalue weighted by molar-refractivity contribution is -0.492. The Bertz CT molecular complexity index is 789. The quantitative estimate of drug-likeness (QED) is 0.349. The van der Waals surface area contributed by atoms with Crippen LogP contribution in [-0.2, 0) is 27.4 Å². The molecule has 0 saturated heterocycles. The van der Waals surface area contributed by atoms with Crippen molar-refractivity contribution < 1.29 is 34.6 Å². The monoisotopic (exact) mass is 375 g/mol. The Kier molecular flexibility index (Phi) is 7.78. The molecule has 8 nitrogen and oxygen atoms in total. The maximum absolute atomic E-state index is 11.9. The SMILES string of the molecule is COc1cc(/C=C/C(=O)OCc2cccc(CCON(O)O)c2)ccc1O. The van der Waals surface area contributed by atoms with E-state index in [0.29, 0.717) is 17.7 Å². The highest BCUT2D eigenvalue weighted by Gasteiger charge is 2.04. The summed E-state index contributed by atoms with van der Waals surface area (Å²) in [6.07, 6.45) is 3.32. The molecule has 0 aliphatic heterocycles. The predicted molar refractivity (Wildman–Crippen MR) is 95.0 cm³/mol. The van der Waals surface area contributed by atoms with Gasteiger partial charge >= 0.3 is 5.97 Å². The highest BCUT2D eigenvalue weighted by molar-refractivity contribution is 5.87. The first-order valence-electron chi connectivity index (χ1n) is 8.08. The number of esters is 1. The minimum absolute atomic E-state index is 0.0215. The summed E-state index contributed by atoms with van der Waals surface area (Å²) in [4.78, 5) is 16.4. The Labute approximate surface area is 156 Å². The number of nitrogens with zero attached hydrogens (tertiary/aromatic N) is 1. The molecule has 27 heavy (non-hydrogen) atoms. The molecule has 0 fully saturated rings. The van der Waals surface area contributed by atoms with Crippen molar-refractivity contribution in [3.05, 3.63) is 65.2 Å². The van der Waals surface area contributed by atoms with Crippen LogP contribution in [0, 0.1) is 0 Å². The first kappa shape index (κ1) is 20.4. The fourth-order valence-corrected chi connectivity index (χ4v) is 2.28. The number of aromatic hydroxyl groups is 1. The van der Waals surface area contributed by atoms with Crippen LogP contribution in [0.15, 0.2) is 48.5 Å². The highest BCUT2D eigenvalue weighted by Crippen LogP contribution is 2.26. The molecule has 144 valence electrons. The molecule has 0 saturated carbocycles. The van der Waals surface area contributed by atoms with E-state index in [9.17, 15) is 9.90 Å². The molecule has 0 heterocycles. The van der Waals surface area contributed by atoms with Gasteiger partial charge in [-0.2, -0.15) is 0 Å². The number of hydrogen-bond donors (Lipinski definition) is 3. The maximum atomic E-state index is 11.9. The van der Waals surface area contributed by atoms with E-state index < -0.39 is 5.97 Å². The number of carbonyl (C=O) groups is 1. The highest BCUT2D eigenvalue weighted by atomic mass is 17.1. The first-order valence-corrected chi connectivity index (χ1v) is 8.08. The molecule has 0 atom stereocenters. The van der Waals surface area contributed by atoms with Gasteiger partial charge in [-0.15, -0.1) is 0 Å². The smallest absolute Gasteiger partial charge is 0.331 e. The van der Waals surface area contributed by atoms with Crippen LogP contribution in [0.1, 0.15) is 16.7 Å². The Balaban J connectivity index is 1.86. The molecule has 0 unspecified atom stereocenters. The lowest BCUT2D eigenvalue weighted by Crippen LogP contribution is -2.16. The van der Waals surface area contributed by atoms with Crippen LogP contribution in [0.5, 0.6) is 11.5 Å². The van der Waals surface area contributed by atoms with Gasteiger partial charge in [0.1, 0.15) is 6.61 Å². The van der Waals surface area contributed by atoms with E-state index >= 15 is 0 Å². The second kappa shape index (κ2) is 10.3. The van der Waals surface area contributed by atoms with Crippen molar-refractivity contribution >= 4 is 12.0 Å². The number of methoxy groups -OCH3 is 1. The number of phenolic OH excluding ortho intramolecular Hbond substituents is 1. The topological polar surface area (TPSA) is 109 Å². The molecule has 2 aromatic carbocycles. The van der Waals surface area contributed by atoms with Gasteiger partial charge in [0.15, 0.2) is 11.5 Å². The van der Waals surface area contributed by atoms with Crippen molar-refractivity contribution in [3.63, 3.8) is 0 Å². The van der Waals surface area contributed by atoms with Crippen LogP contribution in [0.25, 0.3) is 6.08 Å². The van der Waals surface area contributed by atoms with Gasteiger partial charge in [0, 0.05) is 6.08 Å². The summed E-state index contributed by atoms with van der Waals surface area (Å²) in [5.41, 5.74) is 2.38. The summed E-state index contributed by atoms with van der Waals surface area (Å²) < 4.78 is 10.2. The van der Waals surface area contributed by atoms with E-state index in [-0.39, 0.29) is 24.4 Å². The Morgan fingerprint density at radius 1 is 1.15 bits per heavy atom. The lowest BCUT2D eigenvalue weighted by atomic mass is 10.1. The molecular formula is C19H21NO7. The number of benzene rings is 2. The van der Waals surface area contributed by atoms with E-state index in [4.69, 9.17) is 19.9 Å². The fraction of sp³-hybridized carbons (Fsp3) is 0.211. The molecule has 0 amide bonds. The summed E-state index contributed by atoms with van der Waals surface area (Å²) in [6.45, 7) is 0.192. The zero-order chi connectivity index (χ0) is 19.6. The zero-order valence-electron chi connectivity index (χ0n) is 14.7. The van der Waals surface area contributed by atoms with Crippen molar-refractivity contribution in [2.75, 3.05) is 13.7 Å². The van der Waals surface area contributed by atoms with Crippen molar-refractivity contribution in [1.82, 2.24) is 5.39 Å². The summed E-state index contributed by atoms with van der Waals surface area (Å²) in [7, 11) is 1.45. The van der Waals surface area contributed by atoms with Crippen molar-refractivity contribution in [2.45, 2.75) is 13.0 Å². The van der Waals surface area contributed by atoms with Gasteiger partial charge in [0.25, 0.3) is 0 Å². The lowest BCUT2D eigenvalue weighted by Gasteiger charge is -2.08. The second-order valence-electron chi connectivity index (χ2n) is 5.53. The van der Waals surface area contributed by atoms with Crippen LogP contribution in [0.2, 0.25) is 0 Å². The first-order chi connectivity index (χ1) is 13.0. The van der Waals surface area contributed by atoms with Crippen molar-refractivity contribution in [1.29, 1.82) is 0 Å². The number of ether oxygens (including phenoxy) is 2. The molecule has 2 aromatic rings. The van der Waals surface area contributed by atoms with Gasteiger partial charge in [-0.1, -0.05) is 30.3 Å². The minimum Gasteiger partial charge on any atom is -0.504 e. The fourth-order valence-electron chi connectivity index (χ4n) is 2.28. The number of phenols is 1. The third-order valence-electron chi connectivity index (χ3n) is 3.59. The van der Waals surface area contributed by atoms with Gasteiger partial charge in [-0.25, -0.2) is 4.79 Å². The minimum atomic E-state index is -0.507. The summed E-state index contributed by atoms with van der Waals surface area (Å²) >= 11 is 0. The van der Waals surface area contributed by atoms with Crippen LogP contribution in [0.4, 0.5) is 0 Å². The van der Waals surface area contributed by atoms with E-state index in [0.717, 1.165) is 11.1 Å². The van der Waals surface area contributed by atoms with E-state index in [1.165, 1.54) is 19.3 Å². The number of hydrogen-bond acceptors (Lipinski definition) is 8. The third-order valence-corrected chi connectivity index (χ3v) is 3.59. The second-order valence-corrected chi connectivity index (χ2v) is 5.53. The molecule has 0 aliphatic rings. The van der Waals surface area contributed by atoms with E-state index in [1.54, 1.807) is 18.2 Å². The summed E-state index contributed by atoms with van der Waals surface area (Å²) in [6, 6.07) is 12.0. The van der Waals surface area contributed by atoms with Gasteiger partial charge < -0.3 is 14.6 Å². The van der Waals surface area contributed by atoms with Crippen LogP contribution < -0.4 is 4.74 Å². The van der Waals surface area contributed by atoms with Gasteiger partial charge in [0.2, 0.25) is 0 Å². The molecule has 2 rings (SSSR count). The third kappa shape index (κ3) is 7.08. The average molecular weight is 375 g/mol. The largest absolute Gasteiger partial charge is 0.504 e. The molecule has 0 aromatic heterocycles. The van der Waals surface area contributed by atoms with Crippen LogP contribution in [0.3, 0.4) is 0 Å². The Hall–Kier alpha value is -2.91. The summed E-state index contributed by atoms with van der Waals surface area (Å²) in [5, 5.41) is 26.2. The number of rotatable bonds is 9. The van der Waals surface area contributed by atoms with Gasteiger partial charge in [0.05, 0.1) is 19.1 Å². The Morgan fingerprint density at radius 2 is 1.93 bits per heavy atom. The van der Waals surface area contributed by atoms with E-state index in [1.807, 2.05) is 24.3 Å². The van der Waals surface area contributed by atoms with E-state index in [2.05, 4.69) is 4.84 Å². The number of carbonyl (C=O) groups excluding carboxylic acids is 1. The van der Waals surface area contributed by atoms with Crippen LogP contribution >= 0.6 is 0 Å². The van der Waals surface area contributed by atoms with Crippen molar-refractivity contribution in [3.8, 4) is 11.5 Å². The zero-order valence-corrected chi connectivity index (χ0v) is 14.7. The van der Waals surface area contributed by atoms with Gasteiger partial charge in [-0.05, 0) is 41.3 Å². The standard InChI is InChI=1S/C19H21NO7/c1-25-18-12-15(5-7-17(18)21)6-8-19(22)26-13-16-4-2-3-14(11-16)9-10-27-20(23)24/h2-8,11-12,21,23-24H,9-10,13H2,1H3/b8-6+. The van der Waals surface area contributed by atoms with Crippen LogP contribution in [-0.4, -0.2) is 40.6 Å². The predicted octanol–water partition coefficient (Wildman–Crippen LogP) is 2.71. The Morgan fingerprint density at radius 3 is 2.67 bits per heavy atom.